The summed E-state index contributed by atoms with van der Waals surface area (Å²) in [5.41, 5.74) is 2.73. The van der Waals surface area contributed by atoms with E-state index in [9.17, 15) is 9.59 Å². The number of carbonyl (C=O) groups excluding carboxylic acids is 2. The smallest absolute Gasteiger partial charge is 0.344 e. The van der Waals surface area contributed by atoms with Gasteiger partial charge >= 0.3 is 5.97 Å². The van der Waals surface area contributed by atoms with Gasteiger partial charge in [-0.25, -0.2) is 4.79 Å². The van der Waals surface area contributed by atoms with E-state index in [4.69, 9.17) is 9.47 Å². The van der Waals surface area contributed by atoms with Crippen LogP contribution in [0.3, 0.4) is 0 Å². The molecule has 0 fully saturated rings. The number of anilines is 1. The van der Waals surface area contributed by atoms with E-state index < -0.39 is 12.1 Å². The van der Waals surface area contributed by atoms with Crippen molar-refractivity contribution in [3.63, 3.8) is 0 Å². The number of hydrogen-bond acceptors (Lipinski definition) is 4. The molecule has 0 bridgehead atoms. The first-order valence-corrected chi connectivity index (χ1v) is 8.65. The lowest BCUT2D eigenvalue weighted by Crippen LogP contribution is -2.31. The van der Waals surface area contributed by atoms with Crippen molar-refractivity contribution < 1.29 is 19.1 Å². The number of rotatable bonds is 7. The molecular weight excluding hydrogens is 330 g/mol. The third kappa shape index (κ3) is 5.62. The summed E-state index contributed by atoms with van der Waals surface area (Å²) in [6, 6.07) is 14.9. The first kappa shape index (κ1) is 19.5. The van der Waals surface area contributed by atoms with Crippen LogP contribution in [0.2, 0.25) is 0 Å². The van der Waals surface area contributed by atoms with Gasteiger partial charge in [0, 0.05) is 5.69 Å². The summed E-state index contributed by atoms with van der Waals surface area (Å²) in [5.74, 6) is -0.0320. The number of nitrogens with one attached hydrogen (secondary N) is 1. The molecule has 26 heavy (non-hydrogen) atoms. The van der Waals surface area contributed by atoms with Gasteiger partial charge in [-0.15, -0.1) is 0 Å². The number of aryl methyl sites for hydroxylation is 1. The highest BCUT2D eigenvalue weighted by Gasteiger charge is 2.19. The lowest BCUT2D eigenvalue weighted by Gasteiger charge is -2.16. The van der Waals surface area contributed by atoms with Crippen molar-refractivity contribution >= 4 is 17.6 Å². The van der Waals surface area contributed by atoms with Crippen molar-refractivity contribution in [1.29, 1.82) is 0 Å². The second-order valence-electron chi connectivity index (χ2n) is 6.47. The molecule has 0 saturated carbocycles. The third-order valence-electron chi connectivity index (χ3n) is 3.86. The summed E-state index contributed by atoms with van der Waals surface area (Å²) in [5, 5.41) is 2.70. The van der Waals surface area contributed by atoms with E-state index >= 15 is 0 Å². The van der Waals surface area contributed by atoms with Gasteiger partial charge in [-0.1, -0.05) is 44.2 Å². The molecule has 5 nitrogen and oxygen atoms in total. The lowest BCUT2D eigenvalue weighted by molar-refractivity contribution is -0.155. The van der Waals surface area contributed by atoms with E-state index in [-0.39, 0.29) is 18.4 Å². The van der Waals surface area contributed by atoms with Crippen LogP contribution < -0.4 is 10.1 Å². The maximum atomic E-state index is 12.1. The molecule has 0 spiro atoms. The number of para-hydroxylation sites is 1. The highest BCUT2D eigenvalue weighted by molar-refractivity contribution is 5.95. The average Bonchev–Trinajstić information content (AvgIpc) is 2.60. The van der Waals surface area contributed by atoms with Crippen LogP contribution in [-0.2, 0) is 14.3 Å². The highest BCUT2D eigenvalue weighted by Crippen LogP contribution is 2.27. The fourth-order valence-corrected chi connectivity index (χ4v) is 2.43. The fraction of sp³-hybridized carbons (Fsp3) is 0.333. The maximum absolute atomic E-state index is 12.1. The Hall–Kier alpha value is -2.82. The van der Waals surface area contributed by atoms with Gasteiger partial charge in [0.05, 0.1) is 0 Å². The molecule has 1 atom stereocenters. The molecule has 0 aliphatic rings. The fourth-order valence-electron chi connectivity index (χ4n) is 2.43. The molecule has 2 rings (SSSR count). The summed E-state index contributed by atoms with van der Waals surface area (Å²) in [6.45, 7) is 7.37. The second-order valence-corrected chi connectivity index (χ2v) is 6.47. The van der Waals surface area contributed by atoms with Crippen molar-refractivity contribution in [3.8, 4) is 5.75 Å². The summed E-state index contributed by atoms with van der Waals surface area (Å²) in [4.78, 5) is 24.1. The van der Waals surface area contributed by atoms with Crippen LogP contribution in [-0.4, -0.2) is 24.6 Å². The van der Waals surface area contributed by atoms with Crippen LogP contribution in [0, 0.1) is 6.92 Å². The van der Waals surface area contributed by atoms with Gasteiger partial charge in [0.2, 0.25) is 0 Å². The van der Waals surface area contributed by atoms with E-state index in [2.05, 4.69) is 19.2 Å². The van der Waals surface area contributed by atoms with E-state index in [1.165, 1.54) is 6.92 Å². The molecule has 1 amide bonds. The van der Waals surface area contributed by atoms with Gasteiger partial charge in [0.1, 0.15) is 5.75 Å². The number of esters is 1. The number of ether oxygens (including phenoxy) is 2. The Morgan fingerprint density at radius 3 is 2.38 bits per heavy atom. The molecule has 138 valence electrons. The van der Waals surface area contributed by atoms with Crippen LogP contribution in [0.5, 0.6) is 5.75 Å². The van der Waals surface area contributed by atoms with Crippen molar-refractivity contribution in [1.82, 2.24) is 0 Å². The van der Waals surface area contributed by atoms with Gasteiger partial charge in [-0.2, -0.15) is 0 Å². The Kier molecular flexibility index (Phi) is 6.78. The normalized spacial score (nSPS) is 11.7. The molecule has 2 aromatic rings. The standard InChI is InChI=1S/C21H25NO4/c1-14(2)18-11-10-15(3)12-19(18)25-13-20(23)26-16(4)21(24)22-17-8-6-5-7-9-17/h5-12,14,16H,13H2,1-4H3,(H,22,24)/t16-/m1/s1. The lowest BCUT2D eigenvalue weighted by atomic mass is 10.0. The van der Waals surface area contributed by atoms with Crippen LogP contribution in [0.15, 0.2) is 48.5 Å². The van der Waals surface area contributed by atoms with Crippen LogP contribution in [0.4, 0.5) is 5.69 Å². The molecule has 2 aromatic carbocycles. The minimum Gasteiger partial charge on any atom is -0.482 e. The Bertz CT molecular complexity index is 756. The second kappa shape index (κ2) is 9.04. The van der Waals surface area contributed by atoms with Gasteiger partial charge in [-0.05, 0) is 49.1 Å². The number of amides is 1. The quantitative estimate of drug-likeness (QED) is 0.761. The zero-order valence-electron chi connectivity index (χ0n) is 15.6. The summed E-state index contributed by atoms with van der Waals surface area (Å²) < 4.78 is 10.8. The third-order valence-corrected chi connectivity index (χ3v) is 3.86. The predicted molar refractivity (Wildman–Crippen MR) is 101 cm³/mol. The minimum absolute atomic E-state index is 0.244. The van der Waals surface area contributed by atoms with Gasteiger partial charge in [0.25, 0.3) is 5.91 Å². The van der Waals surface area contributed by atoms with Crippen molar-refractivity contribution in [2.45, 2.75) is 39.7 Å². The molecule has 1 N–H and O–H groups in total. The summed E-state index contributed by atoms with van der Waals surface area (Å²) >= 11 is 0. The van der Waals surface area contributed by atoms with E-state index in [1.807, 2.05) is 43.3 Å². The number of benzene rings is 2. The topological polar surface area (TPSA) is 64.6 Å². The van der Waals surface area contributed by atoms with Gasteiger partial charge in [0.15, 0.2) is 12.7 Å². The van der Waals surface area contributed by atoms with E-state index in [1.54, 1.807) is 12.1 Å². The molecule has 0 saturated heterocycles. The zero-order valence-corrected chi connectivity index (χ0v) is 15.6. The first-order chi connectivity index (χ1) is 12.4. The van der Waals surface area contributed by atoms with Crippen molar-refractivity contribution in [2.75, 3.05) is 11.9 Å². The largest absolute Gasteiger partial charge is 0.482 e. The first-order valence-electron chi connectivity index (χ1n) is 8.65. The molecule has 0 aliphatic heterocycles. The monoisotopic (exact) mass is 355 g/mol. The highest BCUT2D eigenvalue weighted by atomic mass is 16.6. The minimum atomic E-state index is -0.909. The average molecular weight is 355 g/mol. The van der Waals surface area contributed by atoms with Crippen LogP contribution in [0.1, 0.15) is 37.8 Å². The molecule has 0 unspecified atom stereocenters. The Labute approximate surface area is 154 Å². The number of carbonyl (C=O) groups is 2. The van der Waals surface area contributed by atoms with Crippen molar-refractivity contribution in [3.05, 3.63) is 59.7 Å². The zero-order chi connectivity index (χ0) is 19.1. The van der Waals surface area contributed by atoms with Gasteiger partial charge in [-0.3, -0.25) is 4.79 Å². The van der Waals surface area contributed by atoms with Crippen molar-refractivity contribution in [2.24, 2.45) is 0 Å². The summed E-state index contributed by atoms with van der Waals surface area (Å²) in [7, 11) is 0. The molecule has 0 aliphatic carbocycles. The molecule has 0 radical (unpaired) electrons. The summed E-state index contributed by atoms with van der Waals surface area (Å²) in [6.07, 6.45) is -0.909. The molecular formula is C21H25NO4. The van der Waals surface area contributed by atoms with Crippen LogP contribution >= 0.6 is 0 Å². The molecule has 0 heterocycles. The Morgan fingerprint density at radius 2 is 1.73 bits per heavy atom. The number of hydrogen-bond donors (Lipinski definition) is 1. The van der Waals surface area contributed by atoms with E-state index in [0.717, 1.165) is 11.1 Å². The Balaban J connectivity index is 1.88. The Morgan fingerprint density at radius 1 is 1.04 bits per heavy atom. The van der Waals surface area contributed by atoms with Crippen LogP contribution in [0.25, 0.3) is 0 Å². The van der Waals surface area contributed by atoms with Gasteiger partial charge < -0.3 is 14.8 Å². The maximum Gasteiger partial charge on any atom is 0.344 e. The molecule has 5 heteroatoms. The van der Waals surface area contributed by atoms with E-state index in [0.29, 0.717) is 11.4 Å². The SMILES string of the molecule is Cc1ccc(C(C)C)c(OCC(=O)O[C@H](C)C(=O)Nc2ccccc2)c1. The molecule has 0 aromatic heterocycles. The predicted octanol–water partition coefficient (Wildman–Crippen LogP) is 4.07.